The van der Waals surface area contributed by atoms with Crippen molar-refractivity contribution in [2.45, 2.75) is 105 Å². The maximum Gasteiger partial charge on any atom is 0.252 e. The first-order chi connectivity index (χ1) is 29.5. The minimum absolute atomic E-state index is 0.0451. The molecule has 3 heteroatoms. The fraction of sp³-hybridized carbons (Fsp3) is 0.276. The highest BCUT2D eigenvalue weighted by Gasteiger charge is 2.45. The molecule has 9 rings (SSSR count). The number of rotatable bonds is 10. The van der Waals surface area contributed by atoms with Gasteiger partial charge in [0.15, 0.2) is 0 Å². The molecular weight excluding hydrogens is 735 g/mol. The van der Waals surface area contributed by atoms with Gasteiger partial charge < -0.3 is 9.80 Å². The summed E-state index contributed by atoms with van der Waals surface area (Å²) in [7, 11) is 0. The Balaban J connectivity index is 1.43. The Hall–Kier alpha value is -5.80. The molecule has 0 fully saturated rings. The Morgan fingerprint density at radius 2 is 0.836 bits per heavy atom. The summed E-state index contributed by atoms with van der Waals surface area (Å²) in [5.74, 6) is 0. The number of para-hydroxylation sites is 3. The summed E-state index contributed by atoms with van der Waals surface area (Å²) in [4.78, 5) is 5.38. The summed E-state index contributed by atoms with van der Waals surface area (Å²) < 4.78 is 0. The van der Waals surface area contributed by atoms with E-state index in [1.807, 2.05) is 0 Å². The third kappa shape index (κ3) is 7.31. The second-order valence-corrected chi connectivity index (χ2v) is 19.4. The first kappa shape index (κ1) is 40.6. The highest BCUT2D eigenvalue weighted by atomic mass is 15.2. The molecule has 306 valence electrons. The van der Waals surface area contributed by atoms with Crippen molar-refractivity contribution in [3.8, 4) is 22.3 Å². The lowest BCUT2D eigenvalue weighted by Gasteiger charge is -2.46. The van der Waals surface area contributed by atoms with Gasteiger partial charge in [0.2, 0.25) is 0 Å². The van der Waals surface area contributed by atoms with E-state index >= 15 is 0 Å². The average Bonchev–Trinajstić information content (AvgIpc) is 3.27. The van der Waals surface area contributed by atoms with Gasteiger partial charge in [-0.2, -0.15) is 0 Å². The van der Waals surface area contributed by atoms with E-state index < -0.39 is 0 Å². The standard InChI is InChI=1S/C58H61BN2/c1-9-11-24-42-36-44(57(3,4)5)37-43(25-12-10-2)55(42)60-50-34-21-19-32-48(50)59-49-33-20-22-35-51(49)61(53-39-45(58(6,7)8)38-52(60)54(53)59)56-46(40-26-15-13-16-27-40)30-23-31-47(56)41-28-17-14-18-29-41/h13-23,26-39H,9-12,24-25H2,1-8H3. The molecule has 2 aliphatic heterocycles. The maximum absolute atomic E-state index is 2.73. The summed E-state index contributed by atoms with van der Waals surface area (Å²) in [5, 5.41) is 0. The Bertz CT molecular complexity index is 2610. The van der Waals surface area contributed by atoms with Crippen LogP contribution >= 0.6 is 0 Å². The van der Waals surface area contributed by atoms with Crippen LogP contribution in [-0.4, -0.2) is 6.71 Å². The minimum Gasteiger partial charge on any atom is -0.311 e. The van der Waals surface area contributed by atoms with Gasteiger partial charge in [0, 0.05) is 33.9 Å². The average molecular weight is 797 g/mol. The van der Waals surface area contributed by atoms with Crippen LogP contribution in [0.1, 0.15) is 103 Å². The van der Waals surface area contributed by atoms with E-state index in [0.717, 1.165) is 38.5 Å². The molecule has 0 radical (unpaired) electrons. The third-order valence-electron chi connectivity index (χ3n) is 13.1. The second kappa shape index (κ2) is 16.2. The van der Waals surface area contributed by atoms with Gasteiger partial charge in [-0.25, -0.2) is 0 Å². The summed E-state index contributed by atoms with van der Waals surface area (Å²) in [5.41, 5.74) is 22.3. The van der Waals surface area contributed by atoms with E-state index in [-0.39, 0.29) is 17.5 Å². The zero-order chi connectivity index (χ0) is 42.5. The quantitative estimate of drug-likeness (QED) is 0.127. The molecule has 2 aliphatic rings. The van der Waals surface area contributed by atoms with Crippen molar-refractivity contribution in [3.63, 3.8) is 0 Å². The molecular formula is C58H61BN2. The predicted molar refractivity (Wildman–Crippen MR) is 266 cm³/mol. The van der Waals surface area contributed by atoms with Crippen LogP contribution in [0.5, 0.6) is 0 Å². The van der Waals surface area contributed by atoms with Crippen LogP contribution in [0.2, 0.25) is 0 Å². The van der Waals surface area contributed by atoms with Crippen LogP contribution in [0.4, 0.5) is 34.1 Å². The van der Waals surface area contributed by atoms with E-state index in [1.54, 1.807) is 0 Å². The zero-order valence-corrected chi connectivity index (χ0v) is 37.6. The van der Waals surface area contributed by atoms with Crippen molar-refractivity contribution >= 4 is 57.2 Å². The lowest BCUT2D eigenvalue weighted by atomic mass is 9.33. The van der Waals surface area contributed by atoms with Crippen LogP contribution in [0, 0.1) is 0 Å². The van der Waals surface area contributed by atoms with Crippen molar-refractivity contribution in [1.29, 1.82) is 0 Å². The van der Waals surface area contributed by atoms with Gasteiger partial charge in [0.25, 0.3) is 6.71 Å². The normalized spacial score (nSPS) is 13.2. The first-order valence-electron chi connectivity index (χ1n) is 22.9. The molecule has 0 N–H and O–H groups in total. The van der Waals surface area contributed by atoms with E-state index in [9.17, 15) is 0 Å². The highest BCUT2D eigenvalue weighted by Crippen LogP contribution is 2.52. The molecule has 0 bridgehead atoms. The van der Waals surface area contributed by atoms with Crippen molar-refractivity contribution in [3.05, 3.63) is 174 Å². The molecule has 0 atom stereocenters. The Kier molecular flexibility index (Phi) is 10.8. The molecule has 0 aliphatic carbocycles. The van der Waals surface area contributed by atoms with Gasteiger partial charge in [0.1, 0.15) is 0 Å². The van der Waals surface area contributed by atoms with Gasteiger partial charge in [-0.05, 0) is 111 Å². The lowest BCUT2D eigenvalue weighted by molar-refractivity contribution is 0.587. The summed E-state index contributed by atoms with van der Waals surface area (Å²) in [6.45, 7) is 19.0. The fourth-order valence-electron chi connectivity index (χ4n) is 9.89. The topological polar surface area (TPSA) is 6.48 Å². The van der Waals surface area contributed by atoms with Crippen LogP contribution in [-0.2, 0) is 23.7 Å². The number of nitrogens with zero attached hydrogens (tertiary/aromatic N) is 2. The zero-order valence-electron chi connectivity index (χ0n) is 37.6. The second-order valence-electron chi connectivity index (χ2n) is 19.4. The first-order valence-corrected chi connectivity index (χ1v) is 22.9. The third-order valence-corrected chi connectivity index (χ3v) is 13.1. The SMILES string of the molecule is CCCCc1cc(C(C)(C)C)cc(CCCC)c1N1c2ccccc2B2c3ccccc3N(c3c(-c4ccccc4)cccc3-c3ccccc3)c3cc(C(C)(C)C)cc1c32. The summed E-state index contributed by atoms with van der Waals surface area (Å²) in [6, 6.07) is 57.7. The molecule has 0 spiro atoms. The molecule has 7 aromatic carbocycles. The molecule has 0 saturated heterocycles. The summed E-state index contributed by atoms with van der Waals surface area (Å²) >= 11 is 0. The molecule has 0 amide bonds. The maximum atomic E-state index is 2.73. The number of hydrogen-bond acceptors (Lipinski definition) is 2. The van der Waals surface area contributed by atoms with Gasteiger partial charge >= 0.3 is 0 Å². The smallest absolute Gasteiger partial charge is 0.252 e. The van der Waals surface area contributed by atoms with Gasteiger partial charge in [-0.3, -0.25) is 0 Å². The fourth-order valence-corrected chi connectivity index (χ4v) is 9.89. The molecule has 7 aromatic rings. The van der Waals surface area contributed by atoms with Crippen LogP contribution in [0.3, 0.4) is 0 Å². The van der Waals surface area contributed by atoms with Crippen molar-refractivity contribution in [2.75, 3.05) is 9.80 Å². The number of fused-ring (bicyclic) bond motifs is 4. The molecule has 2 heterocycles. The number of aryl methyl sites for hydroxylation is 2. The van der Waals surface area contributed by atoms with Gasteiger partial charge in [-0.1, -0.05) is 196 Å². The monoisotopic (exact) mass is 796 g/mol. The summed E-state index contributed by atoms with van der Waals surface area (Å²) in [6.07, 6.45) is 6.74. The Morgan fingerprint density at radius 3 is 1.28 bits per heavy atom. The van der Waals surface area contributed by atoms with Gasteiger partial charge in [-0.15, -0.1) is 0 Å². The molecule has 0 saturated carbocycles. The molecule has 2 nitrogen and oxygen atoms in total. The number of unbranched alkanes of at least 4 members (excludes halogenated alkanes) is 2. The van der Waals surface area contributed by atoms with E-state index in [2.05, 4.69) is 217 Å². The minimum atomic E-state index is -0.111. The predicted octanol–water partition coefficient (Wildman–Crippen LogP) is 14.4. The van der Waals surface area contributed by atoms with Gasteiger partial charge in [0.05, 0.1) is 11.4 Å². The van der Waals surface area contributed by atoms with Crippen LogP contribution in [0.15, 0.2) is 152 Å². The van der Waals surface area contributed by atoms with E-state index in [4.69, 9.17) is 0 Å². The molecule has 0 aromatic heterocycles. The number of hydrogen-bond donors (Lipinski definition) is 0. The van der Waals surface area contributed by atoms with E-state index in [1.165, 1.54) is 95.0 Å². The number of anilines is 6. The Morgan fingerprint density at radius 1 is 0.426 bits per heavy atom. The highest BCUT2D eigenvalue weighted by molar-refractivity contribution is 7.00. The number of benzene rings is 7. The van der Waals surface area contributed by atoms with Crippen molar-refractivity contribution in [2.24, 2.45) is 0 Å². The van der Waals surface area contributed by atoms with Crippen molar-refractivity contribution < 1.29 is 0 Å². The molecule has 0 unspecified atom stereocenters. The lowest BCUT2D eigenvalue weighted by Crippen LogP contribution is -2.61. The molecule has 61 heavy (non-hydrogen) atoms. The largest absolute Gasteiger partial charge is 0.311 e. The van der Waals surface area contributed by atoms with Crippen LogP contribution in [0.25, 0.3) is 22.3 Å². The van der Waals surface area contributed by atoms with Crippen LogP contribution < -0.4 is 26.2 Å². The van der Waals surface area contributed by atoms with Crippen molar-refractivity contribution in [1.82, 2.24) is 0 Å². The van der Waals surface area contributed by atoms with E-state index in [0.29, 0.717) is 0 Å². The Labute approximate surface area is 366 Å².